The minimum Gasteiger partial charge on any atom is -0.482 e. The summed E-state index contributed by atoms with van der Waals surface area (Å²) in [7, 11) is -3.58. The van der Waals surface area contributed by atoms with Crippen LogP contribution in [0.15, 0.2) is 17.0 Å². The minimum atomic E-state index is -3.58. The summed E-state index contributed by atoms with van der Waals surface area (Å²) >= 11 is 0. The highest BCUT2D eigenvalue weighted by atomic mass is 32.2. The lowest BCUT2D eigenvalue weighted by Gasteiger charge is -2.20. The molecule has 2 N–H and O–H groups in total. The zero-order valence-corrected chi connectivity index (χ0v) is 11.8. The van der Waals surface area contributed by atoms with Gasteiger partial charge in [0.05, 0.1) is 10.6 Å². The van der Waals surface area contributed by atoms with Crippen LogP contribution in [0.2, 0.25) is 0 Å². The number of benzene rings is 1. The molecule has 0 saturated carbocycles. The van der Waals surface area contributed by atoms with E-state index in [1.165, 1.54) is 6.07 Å². The van der Waals surface area contributed by atoms with E-state index < -0.39 is 10.0 Å². The van der Waals surface area contributed by atoms with Gasteiger partial charge in [0, 0.05) is 12.1 Å². The first-order chi connectivity index (χ1) is 8.79. The highest BCUT2D eigenvalue weighted by Gasteiger charge is 2.23. The molecule has 6 nitrogen and oxygen atoms in total. The molecule has 1 amide bonds. The average Bonchev–Trinajstić information content (AvgIpc) is 2.25. The molecule has 1 aromatic rings. The van der Waals surface area contributed by atoms with E-state index >= 15 is 0 Å². The van der Waals surface area contributed by atoms with Gasteiger partial charge in [-0.2, -0.15) is 0 Å². The summed E-state index contributed by atoms with van der Waals surface area (Å²) in [6.07, 6.45) is 0. The molecule has 104 valence electrons. The fourth-order valence-electron chi connectivity index (χ4n) is 1.88. The Morgan fingerprint density at radius 1 is 1.37 bits per heavy atom. The van der Waals surface area contributed by atoms with Crippen LogP contribution in [0.4, 0.5) is 5.69 Å². The number of amides is 1. The van der Waals surface area contributed by atoms with Crippen molar-refractivity contribution >= 4 is 21.6 Å². The maximum absolute atomic E-state index is 12.2. The van der Waals surface area contributed by atoms with Gasteiger partial charge in [-0.15, -0.1) is 0 Å². The molecular weight excluding hydrogens is 268 g/mol. The van der Waals surface area contributed by atoms with Crippen molar-refractivity contribution in [3.05, 3.63) is 17.7 Å². The van der Waals surface area contributed by atoms with Crippen molar-refractivity contribution in [2.45, 2.75) is 31.7 Å². The lowest BCUT2D eigenvalue weighted by atomic mass is 10.2. The molecule has 0 spiro atoms. The zero-order chi connectivity index (χ0) is 14.2. The Morgan fingerprint density at radius 2 is 2.05 bits per heavy atom. The zero-order valence-electron chi connectivity index (χ0n) is 11.0. The molecule has 0 aromatic heterocycles. The number of carbonyl (C=O) groups excluding carboxylic acids is 1. The molecule has 1 aromatic carbocycles. The molecular formula is C12H16N2O4S. The van der Waals surface area contributed by atoms with E-state index in [2.05, 4.69) is 10.0 Å². The van der Waals surface area contributed by atoms with Crippen LogP contribution in [0.3, 0.4) is 0 Å². The lowest BCUT2D eigenvalue weighted by molar-refractivity contribution is -0.118. The smallest absolute Gasteiger partial charge is 0.262 e. The number of aryl methyl sites for hydroxylation is 1. The third kappa shape index (κ3) is 2.87. The second kappa shape index (κ2) is 4.82. The SMILES string of the molecule is Cc1cc2c(cc1S(=O)(=O)NC(C)C)OCC(=O)N2. The topological polar surface area (TPSA) is 84.5 Å². The summed E-state index contributed by atoms with van der Waals surface area (Å²) in [5.74, 6) is 0.122. The van der Waals surface area contributed by atoms with Gasteiger partial charge in [-0.1, -0.05) is 0 Å². The summed E-state index contributed by atoms with van der Waals surface area (Å²) < 4.78 is 32.1. The van der Waals surface area contributed by atoms with Gasteiger partial charge >= 0.3 is 0 Å². The molecule has 0 bridgehead atoms. The summed E-state index contributed by atoms with van der Waals surface area (Å²) in [6, 6.07) is 2.84. The molecule has 2 rings (SSSR count). The largest absolute Gasteiger partial charge is 0.482 e. The normalized spacial score (nSPS) is 14.8. The molecule has 7 heteroatoms. The van der Waals surface area contributed by atoms with Crippen molar-refractivity contribution in [1.29, 1.82) is 0 Å². The van der Waals surface area contributed by atoms with Gasteiger partial charge in [-0.3, -0.25) is 4.79 Å². The van der Waals surface area contributed by atoms with Crippen LogP contribution in [-0.2, 0) is 14.8 Å². The quantitative estimate of drug-likeness (QED) is 0.867. The first-order valence-corrected chi connectivity index (χ1v) is 7.37. The average molecular weight is 284 g/mol. The number of nitrogens with one attached hydrogen (secondary N) is 2. The first kappa shape index (κ1) is 13.8. The van der Waals surface area contributed by atoms with Crippen LogP contribution >= 0.6 is 0 Å². The molecule has 1 aliphatic rings. The van der Waals surface area contributed by atoms with E-state index in [4.69, 9.17) is 4.74 Å². The van der Waals surface area contributed by atoms with E-state index in [-0.39, 0.29) is 23.5 Å². The number of sulfonamides is 1. The molecule has 0 fully saturated rings. The van der Waals surface area contributed by atoms with Crippen LogP contribution in [-0.4, -0.2) is 27.0 Å². The monoisotopic (exact) mass is 284 g/mol. The number of ether oxygens (including phenoxy) is 1. The van der Waals surface area contributed by atoms with Crippen LogP contribution in [0.25, 0.3) is 0 Å². The Bertz CT molecular complexity index is 623. The summed E-state index contributed by atoms with van der Waals surface area (Å²) in [5.41, 5.74) is 1.05. The van der Waals surface area contributed by atoms with Gasteiger partial charge < -0.3 is 10.1 Å². The number of rotatable bonds is 3. The second-order valence-electron chi connectivity index (χ2n) is 4.73. The molecule has 0 aliphatic carbocycles. The molecule has 19 heavy (non-hydrogen) atoms. The molecule has 0 unspecified atom stereocenters. The summed E-state index contributed by atoms with van der Waals surface area (Å²) in [6.45, 7) is 5.08. The first-order valence-electron chi connectivity index (χ1n) is 5.89. The maximum atomic E-state index is 12.2. The van der Waals surface area contributed by atoms with Crippen molar-refractivity contribution in [2.24, 2.45) is 0 Å². The van der Waals surface area contributed by atoms with Crippen LogP contribution in [0.5, 0.6) is 5.75 Å². The van der Waals surface area contributed by atoms with Crippen LogP contribution in [0, 0.1) is 6.92 Å². The fraction of sp³-hybridized carbons (Fsp3) is 0.417. The van der Waals surface area contributed by atoms with Gasteiger partial charge in [0.2, 0.25) is 10.0 Å². The third-order valence-corrected chi connectivity index (χ3v) is 4.39. The summed E-state index contributed by atoms with van der Waals surface area (Å²) in [4.78, 5) is 11.4. The number of fused-ring (bicyclic) bond motifs is 1. The Morgan fingerprint density at radius 3 is 2.68 bits per heavy atom. The molecule has 1 aliphatic heterocycles. The number of hydrogen-bond acceptors (Lipinski definition) is 4. The van der Waals surface area contributed by atoms with Gasteiger partial charge in [0.25, 0.3) is 5.91 Å². The van der Waals surface area contributed by atoms with Crippen LogP contribution < -0.4 is 14.8 Å². The van der Waals surface area contributed by atoms with E-state index in [1.54, 1.807) is 26.8 Å². The Labute approximate surface area is 112 Å². The predicted octanol–water partition coefficient (Wildman–Crippen LogP) is 1.01. The van der Waals surface area contributed by atoms with E-state index in [9.17, 15) is 13.2 Å². The van der Waals surface area contributed by atoms with Gasteiger partial charge in [-0.05, 0) is 32.4 Å². The lowest BCUT2D eigenvalue weighted by Crippen LogP contribution is -2.31. The van der Waals surface area contributed by atoms with E-state index in [0.717, 1.165) is 0 Å². The van der Waals surface area contributed by atoms with Gasteiger partial charge in [0.1, 0.15) is 5.75 Å². The Hall–Kier alpha value is -1.60. The summed E-state index contributed by atoms with van der Waals surface area (Å²) in [5, 5.41) is 2.64. The van der Waals surface area contributed by atoms with Crippen molar-refractivity contribution in [3.8, 4) is 5.75 Å². The minimum absolute atomic E-state index is 0.104. The van der Waals surface area contributed by atoms with Crippen molar-refractivity contribution in [3.63, 3.8) is 0 Å². The standard InChI is InChI=1S/C12H16N2O4S/c1-7(2)14-19(16,17)11-5-10-9(4-8(11)3)13-12(15)6-18-10/h4-5,7,14H,6H2,1-3H3,(H,13,15). The fourth-order valence-corrected chi connectivity index (χ4v) is 3.37. The van der Waals surface area contributed by atoms with Crippen molar-refractivity contribution in [1.82, 2.24) is 4.72 Å². The highest BCUT2D eigenvalue weighted by molar-refractivity contribution is 7.89. The molecule has 1 heterocycles. The number of anilines is 1. The van der Waals surface area contributed by atoms with Crippen molar-refractivity contribution < 1.29 is 17.9 Å². The number of hydrogen-bond donors (Lipinski definition) is 2. The third-order valence-electron chi connectivity index (χ3n) is 2.59. The van der Waals surface area contributed by atoms with Gasteiger partial charge in [-0.25, -0.2) is 13.1 Å². The Balaban J connectivity index is 2.46. The highest BCUT2D eigenvalue weighted by Crippen LogP contribution is 2.32. The Kier molecular flexibility index (Phi) is 3.51. The second-order valence-corrected chi connectivity index (χ2v) is 6.41. The predicted molar refractivity (Wildman–Crippen MR) is 70.8 cm³/mol. The number of carbonyl (C=O) groups is 1. The molecule has 0 radical (unpaired) electrons. The van der Waals surface area contributed by atoms with E-state index in [0.29, 0.717) is 17.0 Å². The molecule has 0 atom stereocenters. The van der Waals surface area contributed by atoms with E-state index in [1.807, 2.05) is 0 Å². The molecule has 0 saturated heterocycles. The van der Waals surface area contributed by atoms with Crippen molar-refractivity contribution in [2.75, 3.05) is 11.9 Å². The van der Waals surface area contributed by atoms with Gasteiger partial charge in [0.15, 0.2) is 6.61 Å². The van der Waals surface area contributed by atoms with Crippen LogP contribution in [0.1, 0.15) is 19.4 Å². The maximum Gasteiger partial charge on any atom is 0.262 e.